The van der Waals surface area contributed by atoms with Gasteiger partial charge in [0.25, 0.3) is 5.56 Å². The van der Waals surface area contributed by atoms with Crippen molar-refractivity contribution < 1.29 is 4.79 Å². The maximum Gasteiger partial charge on any atom is 0.262 e. The number of thioether (sulfide) groups is 1. The molecule has 1 aromatic carbocycles. The average Bonchev–Trinajstić information content (AvgIpc) is 3.29. The summed E-state index contributed by atoms with van der Waals surface area (Å²) in [6.07, 6.45) is 3.60. The average molecular weight is 341 g/mol. The van der Waals surface area contributed by atoms with Gasteiger partial charge in [-0.15, -0.1) is 0 Å². The summed E-state index contributed by atoms with van der Waals surface area (Å²) in [5.41, 5.74) is 1.05. The number of hydrogen-bond acceptors (Lipinski definition) is 5. The second kappa shape index (κ2) is 6.12. The quantitative estimate of drug-likeness (QED) is 0.542. The minimum atomic E-state index is -0.257. The molecule has 1 fully saturated rings. The number of nitrogens with one attached hydrogen (secondary N) is 2. The van der Waals surface area contributed by atoms with E-state index in [0.29, 0.717) is 22.2 Å². The Morgan fingerprint density at radius 2 is 2.12 bits per heavy atom. The van der Waals surface area contributed by atoms with Crippen LogP contribution in [-0.2, 0) is 4.79 Å². The van der Waals surface area contributed by atoms with Crippen LogP contribution in [0.1, 0.15) is 12.8 Å². The molecule has 0 aliphatic heterocycles. The van der Waals surface area contributed by atoms with Gasteiger partial charge in [0.05, 0.1) is 17.6 Å². The Morgan fingerprint density at radius 1 is 1.33 bits per heavy atom. The number of aromatic amines is 1. The minimum Gasteiger partial charge on any atom is -0.353 e. The van der Waals surface area contributed by atoms with Gasteiger partial charge >= 0.3 is 0 Å². The van der Waals surface area contributed by atoms with E-state index < -0.39 is 0 Å². The van der Waals surface area contributed by atoms with Crippen LogP contribution in [-0.4, -0.2) is 37.5 Å². The third kappa shape index (κ3) is 3.05. The van der Waals surface area contributed by atoms with Gasteiger partial charge in [-0.25, -0.2) is 9.67 Å². The van der Waals surface area contributed by atoms with Crippen LogP contribution >= 0.6 is 11.8 Å². The number of para-hydroxylation sites is 1. The Bertz CT molecular complexity index is 946. The Balaban J connectivity index is 1.62. The lowest BCUT2D eigenvalue weighted by Gasteiger charge is -2.05. The van der Waals surface area contributed by atoms with Crippen molar-refractivity contribution in [2.45, 2.75) is 24.0 Å². The highest BCUT2D eigenvalue weighted by Gasteiger charge is 2.23. The van der Waals surface area contributed by atoms with Crippen molar-refractivity contribution in [2.75, 3.05) is 5.75 Å². The van der Waals surface area contributed by atoms with Crippen LogP contribution in [0.15, 0.2) is 46.5 Å². The number of rotatable bonds is 5. The number of fused-ring (bicyclic) bond motifs is 1. The van der Waals surface area contributed by atoms with Gasteiger partial charge in [-0.05, 0) is 25.0 Å². The summed E-state index contributed by atoms with van der Waals surface area (Å²) in [6.45, 7) is 0. The number of carbonyl (C=O) groups excluding carboxylic acids is 1. The molecule has 4 rings (SSSR count). The van der Waals surface area contributed by atoms with Crippen molar-refractivity contribution in [3.8, 4) is 5.69 Å². The highest BCUT2D eigenvalue weighted by molar-refractivity contribution is 7.99. The molecule has 7 nitrogen and oxygen atoms in total. The fourth-order valence-electron chi connectivity index (χ4n) is 2.36. The standard InChI is InChI=1S/C16H15N5O2S/c22-13(18-10-6-7-10)9-24-16-19-14-12(15(23)20-16)8-17-21(14)11-4-2-1-3-5-11/h1-5,8,10H,6-7,9H2,(H,18,22)(H,19,20,23). The first-order valence-corrected chi connectivity index (χ1v) is 8.65. The van der Waals surface area contributed by atoms with Gasteiger partial charge in [0.1, 0.15) is 5.39 Å². The Morgan fingerprint density at radius 3 is 2.88 bits per heavy atom. The van der Waals surface area contributed by atoms with Gasteiger partial charge in [-0.2, -0.15) is 5.10 Å². The largest absolute Gasteiger partial charge is 0.353 e. The molecule has 2 aromatic heterocycles. The SMILES string of the molecule is O=C(CSc1nc2c(cnn2-c2ccccc2)c(=O)[nH]1)NC1CC1. The van der Waals surface area contributed by atoms with Gasteiger partial charge in [-0.3, -0.25) is 9.59 Å². The highest BCUT2D eigenvalue weighted by atomic mass is 32.2. The van der Waals surface area contributed by atoms with Crippen LogP contribution in [0.4, 0.5) is 0 Å². The number of hydrogen-bond donors (Lipinski definition) is 2. The molecule has 0 saturated heterocycles. The van der Waals surface area contributed by atoms with E-state index >= 15 is 0 Å². The molecule has 2 N–H and O–H groups in total. The van der Waals surface area contributed by atoms with Crippen molar-refractivity contribution >= 4 is 28.7 Å². The molecular weight excluding hydrogens is 326 g/mol. The molecule has 0 bridgehead atoms. The minimum absolute atomic E-state index is 0.0400. The molecule has 0 radical (unpaired) electrons. The third-order valence-electron chi connectivity index (χ3n) is 3.70. The number of benzene rings is 1. The predicted molar refractivity (Wildman–Crippen MR) is 91.4 cm³/mol. The molecule has 1 amide bonds. The molecule has 1 aliphatic rings. The maximum atomic E-state index is 12.2. The van der Waals surface area contributed by atoms with E-state index in [2.05, 4.69) is 20.4 Å². The van der Waals surface area contributed by atoms with Crippen molar-refractivity contribution in [3.05, 3.63) is 46.9 Å². The van der Waals surface area contributed by atoms with Crippen LogP contribution < -0.4 is 10.9 Å². The number of nitrogens with zero attached hydrogens (tertiary/aromatic N) is 3. The van der Waals surface area contributed by atoms with Crippen molar-refractivity contribution in [2.24, 2.45) is 0 Å². The van der Waals surface area contributed by atoms with Gasteiger partial charge < -0.3 is 10.3 Å². The van der Waals surface area contributed by atoms with Crippen LogP contribution in [0.5, 0.6) is 0 Å². The van der Waals surface area contributed by atoms with E-state index in [4.69, 9.17) is 0 Å². The van der Waals surface area contributed by atoms with Crippen molar-refractivity contribution in [3.63, 3.8) is 0 Å². The first kappa shape index (κ1) is 14.9. The maximum absolute atomic E-state index is 12.2. The molecule has 1 saturated carbocycles. The fraction of sp³-hybridized carbons (Fsp3) is 0.250. The number of aromatic nitrogens is 4. The van der Waals surface area contributed by atoms with Gasteiger partial charge in [-0.1, -0.05) is 30.0 Å². The van der Waals surface area contributed by atoms with Crippen molar-refractivity contribution in [1.82, 2.24) is 25.1 Å². The Kier molecular flexibility index (Phi) is 3.81. The van der Waals surface area contributed by atoms with Gasteiger partial charge in [0.15, 0.2) is 10.8 Å². The van der Waals surface area contributed by atoms with Crippen LogP contribution in [0.3, 0.4) is 0 Å². The monoisotopic (exact) mass is 341 g/mol. The van der Waals surface area contributed by atoms with E-state index in [1.807, 2.05) is 30.3 Å². The van der Waals surface area contributed by atoms with Crippen LogP contribution in [0, 0.1) is 0 Å². The van der Waals surface area contributed by atoms with Crippen molar-refractivity contribution in [1.29, 1.82) is 0 Å². The van der Waals surface area contributed by atoms with E-state index in [1.54, 1.807) is 4.68 Å². The lowest BCUT2D eigenvalue weighted by atomic mass is 10.3. The zero-order valence-corrected chi connectivity index (χ0v) is 13.5. The topological polar surface area (TPSA) is 92.7 Å². The zero-order chi connectivity index (χ0) is 16.5. The number of carbonyl (C=O) groups is 1. The first-order valence-electron chi connectivity index (χ1n) is 7.66. The summed E-state index contributed by atoms with van der Waals surface area (Å²) in [7, 11) is 0. The van der Waals surface area contributed by atoms with E-state index in [1.165, 1.54) is 18.0 Å². The normalized spacial score (nSPS) is 14.0. The van der Waals surface area contributed by atoms with E-state index in [9.17, 15) is 9.59 Å². The molecule has 122 valence electrons. The second-order valence-corrected chi connectivity index (χ2v) is 6.59. The lowest BCUT2D eigenvalue weighted by molar-refractivity contribution is -0.118. The van der Waals surface area contributed by atoms with Gasteiger partial charge in [0.2, 0.25) is 5.91 Å². The molecule has 0 spiro atoms. The Labute approximate surface area is 141 Å². The molecule has 2 heterocycles. The summed E-state index contributed by atoms with van der Waals surface area (Å²) in [5.74, 6) is 0.187. The first-order chi connectivity index (χ1) is 11.7. The predicted octanol–water partition coefficient (Wildman–Crippen LogP) is 1.48. The molecule has 0 unspecified atom stereocenters. The summed E-state index contributed by atoms with van der Waals surface area (Å²) < 4.78 is 1.62. The molecule has 24 heavy (non-hydrogen) atoms. The van der Waals surface area contributed by atoms with E-state index in [0.717, 1.165) is 18.5 Å². The lowest BCUT2D eigenvalue weighted by Crippen LogP contribution is -2.27. The molecule has 3 aromatic rings. The number of amides is 1. The van der Waals surface area contributed by atoms with E-state index in [-0.39, 0.29) is 17.2 Å². The van der Waals surface area contributed by atoms with Gasteiger partial charge in [0, 0.05) is 6.04 Å². The van der Waals surface area contributed by atoms with Crippen LogP contribution in [0.25, 0.3) is 16.7 Å². The molecule has 0 atom stereocenters. The highest BCUT2D eigenvalue weighted by Crippen LogP contribution is 2.20. The third-order valence-corrected chi connectivity index (χ3v) is 4.57. The summed E-state index contributed by atoms with van der Waals surface area (Å²) in [5, 5.41) is 8.00. The summed E-state index contributed by atoms with van der Waals surface area (Å²) in [6, 6.07) is 9.82. The fourth-order valence-corrected chi connectivity index (χ4v) is 3.02. The summed E-state index contributed by atoms with van der Waals surface area (Å²) in [4.78, 5) is 31.2. The summed E-state index contributed by atoms with van der Waals surface area (Å²) >= 11 is 1.21. The second-order valence-electron chi connectivity index (χ2n) is 5.63. The smallest absolute Gasteiger partial charge is 0.262 e. The molecule has 8 heteroatoms. The molecule has 1 aliphatic carbocycles. The zero-order valence-electron chi connectivity index (χ0n) is 12.7. The van der Waals surface area contributed by atoms with Crippen LogP contribution in [0.2, 0.25) is 0 Å². The number of H-pyrrole nitrogens is 1. The Hall–Kier alpha value is -2.61. The molecular formula is C16H15N5O2S.